The number of amides is 2. The van der Waals surface area contributed by atoms with Crippen LogP contribution in [0.25, 0.3) is 11.1 Å². The molecule has 1 aliphatic rings. The van der Waals surface area contributed by atoms with Gasteiger partial charge >= 0.3 is 12.1 Å². The molecule has 4 N–H and O–H groups in total. The number of nitrogens with zero attached hydrogens (tertiary/aromatic N) is 1. The van der Waals surface area contributed by atoms with Crippen molar-refractivity contribution in [2.24, 2.45) is 0 Å². The van der Waals surface area contributed by atoms with Gasteiger partial charge < -0.3 is 25.6 Å². The van der Waals surface area contributed by atoms with E-state index in [0.29, 0.717) is 19.3 Å². The average molecular weight is 466 g/mol. The molecule has 0 spiro atoms. The number of carboxylic acid groups (broad SMARTS) is 1. The lowest BCUT2D eigenvalue weighted by Crippen LogP contribution is -2.52. The van der Waals surface area contributed by atoms with E-state index in [-0.39, 0.29) is 18.9 Å². The van der Waals surface area contributed by atoms with Crippen LogP contribution in [0.4, 0.5) is 4.79 Å². The third-order valence-corrected chi connectivity index (χ3v) is 5.78. The first-order valence-corrected chi connectivity index (χ1v) is 11.1. The summed E-state index contributed by atoms with van der Waals surface area (Å²) in [6.07, 6.45) is 0.669. The fourth-order valence-electron chi connectivity index (χ4n) is 4.06. The van der Waals surface area contributed by atoms with E-state index in [2.05, 4.69) is 10.6 Å². The van der Waals surface area contributed by atoms with E-state index < -0.39 is 36.7 Å². The van der Waals surface area contributed by atoms with Gasteiger partial charge in [0.25, 0.3) is 0 Å². The first-order valence-electron chi connectivity index (χ1n) is 11.1. The molecule has 9 nitrogen and oxygen atoms in total. The normalized spacial score (nSPS) is 13.6. The van der Waals surface area contributed by atoms with E-state index >= 15 is 0 Å². The molecule has 0 aromatic heterocycles. The number of nitriles is 1. The number of alkyl carbamates (subject to hydrolysis) is 1. The van der Waals surface area contributed by atoms with Crippen molar-refractivity contribution < 1.29 is 29.3 Å². The van der Waals surface area contributed by atoms with Gasteiger partial charge in [-0.15, -0.1) is 0 Å². The Morgan fingerprint density at radius 2 is 1.59 bits per heavy atom. The zero-order valence-corrected chi connectivity index (χ0v) is 18.6. The second kappa shape index (κ2) is 11.8. The van der Waals surface area contributed by atoms with E-state index in [1.165, 1.54) is 0 Å². The maximum absolute atomic E-state index is 12.6. The summed E-state index contributed by atoms with van der Waals surface area (Å²) in [6, 6.07) is 15.3. The molecule has 1 unspecified atom stereocenters. The molecule has 34 heavy (non-hydrogen) atoms. The number of carboxylic acids is 1. The minimum absolute atomic E-state index is 0.0665. The number of benzene rings is 2. The van der Waals surface area contributed by atoms with E-state index in [4.69, 9.17) is 15.1 Å². The van der Waals surface area contributed by atoms with Crippen LogP contribution in [0.3, 0.4) is 0 Å². The lowest BCUT2D eigenvalue weighted by Gasteiger charge is -2.21. The van der Waals surface area contributed by atoms with Crippen LogP contribution >= 0.6 is 0 Å². The number of carbonyl (C=O) groups is 3. The molecule has 178 valence electrons. The zero-order valence-electron chi connectivity index (χ0n) is 18.6. The van der Waals surface area contributed by atoms with Crippen molar-refractivity contribution in [3.8, 4) is 17.2 Å². The summed E-state index contributed by atoms with van der Waals surface area (Å²) in [4.78, 5) is 36.3. The molecule has 0 saturated carbocycles. The minimum atomic E-state index is -1.49. The van der Waals surface area contributed by atoms with Crippen LogP contribution < -0.4 is 10.6 Å². The predicted octanol–water partition coefficient (Wildman–Crippen LogP) is 2.54. The Balaban J connectivity index is 1.65. The summed E-state index contributed by atoms with van der Waals surface area (Å²) < 4.78 is 5.48. The fourth-order valence-corrected chi connectivity index (χ4v) is 4.06. The van der Waals surface area contributed by atoms with E-state index in [9.17, 15) is 19.5 Å². The van der Waals surface area contributed by atoms with Crippen molar-refractivity contribution in [3.05, 3.63) is 59.7 Å². The molecule has 2 atom stereocenters. The molecule has 0 aliphatic heterocycles. The van der Waals surface area contributed by atoms with Gasteiger partial charge in [-0.25, -0.2) is 9.59 Å². The molecule has 3 rings (SSSR count). The highest BCUT2D eigenvalue weighted by Crippen LogP contribution is 2.44. The highest BCUT2D eigenvalue weighted by Gasteiger charge is 2.30. The maximum Gasteiger partial charge on any atom is 0.407 e. The monoisotopic (exact) mass is 465 g/mol. The summed E-state index contributed by atoms with van der Waals surface area (Å²) in [6.45, 7) is -0.718. The van der Waals surface area contributed by atoms with Crippen molar-refractivity contribution in [2.75, 3.05) is 13.2 Å². The molecular formula is C25H27N3O6. The Morgan fingerprint density at radius 3 is 2.15 bits per heavy atom. The number of hydrogen-bond acceptors (Lipinski definition) is 6. The number of nitrogens with one attached hydrogen (secondary N) is 2. The van der Waals surface area contributed by atoms with Gasteiger partial charge in [0.15, 0.2) is 0 Å². The number of ether oxygens (including phenoxy) is 1. The number of unbranched alkanes of at least 4 members (excludes halogenated alkanes) is 2. The smallest absolute Gasteiger partial charge is 0.407 e. The van der Waals surface area contributed by atoms with E-state index in [0.717, 1.165) is 22.3 Å². The quantitative estimate of drug-likeness (QED) is 0.373. The lowest BCUT2D eigenvalue weighted by atomic mass is 9.98. The van der Waals surface area contributed by atoms with Crippen molar-refractivity contribution in [2.45, 2.75) is 43.7 Å². The minimum Gasteiger partial charge on any atom is -0.480 e. The van der Waals surface area contributed by atoms with Gasteiger partial charge in [-0.1, -0.05) is 48.5 Å². The van der Waals surface area contributed by atoms with Gasteiger partial charge in [-0.3, -0.25) is 4.79 Å². The Bertz CT molecular complexity index is 1030. The topological polar surface area (TPSA) is 149 Å². The molecule has 2 aromatic carbocycles. The van der Waals surface area contributed by atoms with Crippen LogP contribution in [-0.2, 0) is 14.3 Å². The number of rotatable bonds is 11. The highest BCUT2D eigenvalue weighted by atomic mass is 16.5. The zero-order chi connectivity index (χ0) is 24.5. The third kappa shape index (κ3) is 5.91. The molecule has 0 saturated heterocycles. The molecule has 0 radical (unpaired) electrons. The lowest BCUT2D eigenvalue weighted by molar-refractivity contribution is -0.143. The molecular weight excluding hydrogens is 438 g/mol. The Labute approximate surface area is 197 Å². The third-order valence-electron chi connectivity index (χ3n) is 5.78. The molecule has 0 bridgehead atoms. The highest BCUT2D eigenvalue weighted by molar-refractivity contribution is 5.89. The summed E-state index contributed by atoms with van der Waals surface area (Å²) >= 11 is 0. The molecule has 2 amide bonds. The van der Waals surface area contributed by atoms with Crippen molar-refractivity contribution in [1.29, 1.82) is 5.26 Å². The van der Waals surface area contributed by atoms with Crippen molar-refractivity contribution in [1.82, 2.24) is 10.6 Å². The number of hydrogen-bond donors (Lipinski definition) is 4. The van der Waals surface area contributed by atoms with Crippen LogP contribution in [-0.4, -0.2) is 53.5 Å². The molecule has 9 heteroatoms. The Hall–Kier alpha value is -3.90. The van der Waals surface area contributed by atoms with E-state index in [1.54, 1.807) is 0 Å². The van der Waals surface area contributed by atoms with Crippen LogP contribution in [0.5, 0.6) is 0 Å². The second-order valence-electron chi connectivity index (χ2n) is 8.01. The van der Waals surface area contributed by atoms with Crippen LogP contribution in [0.2, 0.25) is 0 Å². The number of carbonyl (C=O) groups excluding carboxylic acids is 2. The van der Waals surface area contributed by atoms with Gasteiger partial charge in [0.05, 0.1) is 12.7 Å². The predicted molar refractivity (Wildman–Crippen MR) is 123 cm³/mol. The molecule has 0 heterocycles. The summed E-state index contributed by atoms with van der Waals surface area (Å²) in [5.41, 5.74) is 4.28. The van der Waals surface area contributed by atoms with Gasteiger partial charge in [0.2, 0.25) is 5.91 Å². The average Bonchev–Trinajstić information content (AvgIpc) is 3.16. The van der Waals surface area contributed by atoms with Gasteiger partial charge in [-0.05, 0) is 41.5 Å². The van der Waals surface area contributed by atoms with Gasteiger partial charge in [0.1, 0.15) is 18.7 Å². The largest absolute Gasteiger partial charge is 0.480 e. The summed E-state index contributed by atoms with van der Waals surface area (Å²) in [5, 5.41) is 31.7. The van der Waals surface area contributed by atoms with Gasteiger partial charge in [-0.2, -0.15) is 5.26 Å². The van der Waals surface area contributed by atoms with Crippen molar-refractivity contribution in [3.63, 3.8) is 0 Å². The van der Waals surface area contributed by atoms with E-state index in [1.807, 2.05) is 54.6 Å². The number of aliphatic carboxylic acids is 1. The second-order valence-corrected chi connectivity index (χ2v) is 8.01. The fraction of sp³-hybridized carbons (Fsp3) is 0.360. The molecule has 2 aromatic rings. The van der Waals surface area contributed by atoms with Crippen molar-refractivity contribution >= 4 is 18.0 Å². The maximum atomic E-state index is 12.6. The molecule has 0 fully saturated rings. The summed E-state index contributed by atoms with van der Waals surface area (Å²) in [5.74, 6) is -2.28. The number of aliphatic hydroxyl groups excluding tert-OH is 1. The molecule has 1 aliphatic carbocycles. The number of aliphatic hydroxyl groups is 1. The Kier molecular flexibility index (Phi) is 8.60. The first kappa shape index (κ1) is 24.7. The summed E-state index contributed by atoms with van der Waals surface area (Å²) in [7, 11) is 0. The standard InChI is InChI=1S/C25H27N3O6/c26-13-7-1-2-12-21(23(30)27-22(14-29)24(31)32)28-25(33)34-15-20-18-10-5-3-8-16(18)17-9-4-6-11-19(17)20/h3-6,8-11,20-22,29H,1-2,7,12,14-15H2,(H,27,30)(H,28,33)(H,31,32)/t21?,22-/m0/s1. The van der Waals surface area contributed by atoms with Crippen LogP contribution in [0, 0.1) is 11.3 Å². The van der Waals surface area contributed by atoms with Gasteiger partial charge in [0, 0.05) is 12.3 Å². The van der Waals surface area contributed by atoms with Crippen LogP contribution in [0.1, 0.15) is 42.7 Å². The first-order chi connectivity index (χ1) is 16.5. The SMILES string of the molecule is N#CCCCCC(NC(=O)OCC1c2ccccc2-c2ccccc21)C(=O)N[C@@H](CO)C(=O)O. The Morgan fingerprint density at radius 1 is 0.971 bits per heavy atom. The number of fused-ring (bicyclic) bond motifs is 3. The van der Waals surface area contributed by atoms with Crippen LogP contribution in [0.15, 0.2) is 48.5 Å².